The first-order chi connectivity index (χ1) is 6.74. The molecule has 0 aromatic carbocycles. The molecule has 0 unspecified atom stereocenters. The Balaban J connectivity index is 2.42. The lowest BCUT2D eigenvalue weighted by molar-refractivity contribution is 0.666. The maximum atomic E-state index is 5.95. The summed E-state index contributed by atoms with van der Waals surface area (Å²) in [7, 11) is 0. The van der Waals surface area contributed by atoms with Gasteiger partial charge in [0.2, 0.25) is 0 Å². The van der Waals surface area contributed by atoms with Crippen LogP contribution in [-0.4, -0.2) is 4.98 Å². The maximum Gasteiger partial charge on any atom is 0.134 e. The normalized spacial score (nSPS) is 10.5. The van der Waals surface area contributed by atoms with Crippen molar-refractivity contribution in [2.24, 2.45) is 0 Å². The Kier molecular flexibility index (Phi) is 5.28. The van der Waals surface area contributed by atoms with E-state index < -0.39 is 0 Å². The molecule has 1 nitrogen and oxygen atoms in total. The Bertz CT molecular complexity index is 287. The first-order valence-electron chi connectivity index (χ1n) is 5.05. The zero-order valence-corrected chi connectivity index (χ0v) is 9.91. The average Bonchev–Trinajstić information content (AvgIpc) is 2.15. The summed E-state index contributed by atoms with van der Waals surface area (Å²) in [5.74, 6) is 0. The fraction of sp³-hybridized carbons (Fsp3) is 0.545. The topological polar surface area (TPSA) is 12.9 Å². The SMILES string of the molecule is CCCCCCc1ccc(Cl)nc1Cl. The first kappa shape index (κ1) is 11.8. The Morgan fingerprint density at radius 3 is 2.57 bits per heavy atom. The van der Waals surface area contributed by atoms with E-state index >= 15 is 0 Å². The smallest absolute Gasteiger partial charge is 0.134 e. The molecule has 0 aliphatic carbocycles. The number of rotatable bonds is 5. The molecule has 3 heteroatoms. The van der Waals surface area contributed by atoms with Crippen LogP contribution in [0.25, 0.3) is 0 Å². The van der Waals surface area contributed by atoms with Crippen LogP contribution in [0.2, 0.25) is 10.3 Å². The van der Waals surface area contributed by atoms with Gasteiger partial charge in [0.25, 0.3) is 0 Å². The van der Waals surface area contributed by atoms with Gasteiger partial charge in [0, 0.05) is 0 Å². The van der Waals surface area contributed by atoms with Gasteiger partial charge >= 0.3 is 0 Å². The summed E-state index contributed by atoms with van der Waals surface area (Å²) in [4.78, 5) is 4.00. The Labute approximate surface area is 95.4 Å². The number of aryl methyl sites for hydroxylation is 1. The highest BCUT2D eigenvalue weighted by Gasteiger charge is 2.01. The maximum absolute atomic E-state index is 5.95. The van der Waals surface area contributed by atoms with Gasteiger partial charge in [-0.3, -0.25) is 0 Å². The van der Waals surface area contributed by atoms with Crippen LogP contribution in [0.1, 0.15) is 38.2 Å². The van der Waals surface area contributed by atoms with E-state index in [1.165, 1.54) is 25.7 Å². The van der Waals surface area contributed by atoms with E-state index in [-0.39, 0.29) is 0 Å². The van der Waals surface area contributed by atoms with Crippen LogP contribution in [0.15, 0.2) is 12.1 Å². The third kappa shape index (κ3) is 3.85. The monoisotopic (exact) mass is 231 g/mol. The molecular formula is C11H15Cl2N. The lowest BCUT2D eigenvalue weighted by Crippen LogP contribution is -1.90. The Morgan fingerprint density at radius 1 is 1.14 bits per heavy atom. The number of pyridine rings is 1. The molecule has 0 aliphatic rings. The molecule has 0 fully saturated rings. The summed E-state index contributed by atoms with van der Waals surface area (Å²) in [5, 5.41) is 1.02. The van der Waals surface area contributed by atoms with Crippen LogP contribution < -0.4 is 0 Å². The molecule has 0 saturated carbocycles. The number of nitrogens with zero attached hydrogens (tertiary/aromatic N) is 1. The minimum atomic E-state index is 0.465. The molecule has 0 aliphatic heterocycles. The van der Waals surface area contributed by atoms with Crippen molar-refractivity contribution in [3.8, 4) is 0 Å². The van der Waals surface area contributed by atoms with Crippen LogP contribution in [0.4, 0.5) is 0 Å². The molecule has 0 spiro atoms. The van der Waals surface area contributed by atoms with Crippen LogP contribution in [0.5, 0.6) is 0 Å². The number of aromatic nitrogens is 1. The molecule has 0 radical (unpaired) electrons. The van der Waals surface area contributed by atoms with Crippen molar-refractivity contribution in [2.75, 3.05) is 0 Å². The van der Waals surface area contributed by atoms with Gasteiger partial charge in [0.05, 0.1) is 0 Å². The number of hydrogen-bond acceptors (Lipinski definition) is 1. The zero-order valence-electron chi connectivity index (χ0n) is 8.39. The predicted molar refractivity (Wildman–Crippen MR) is 62.1 cm³/mol. The summed E-state index contributed by atoms with van der Waals surface area (Å²) < 4.78 is 0. The summed E-state index contributed by atoms with van der Waals surface area (Å²) in [5.41, 5.74) is 1.10. The molecule has 1 aromatic rings. The lowest BCUT2D eigenvalue weighted by atomic mass is 10.1. The minimum Gasteiger partial charge on any atom is -0.224 e. The van der Waals surface area contributed by atoms with Crippen molar-refractivity contribution in [3.63, 3.8) is 0 Å². The predicted octanol–water partition coefficient (Wildman–Crippen LogP) is 4.51. The van der Waals surface area contributed by atoms with Gasteiger partial charge in [-0.15, -0.1) is 0 Å². The van der Waals surface area contributed by atoms with E-state index in [2.05, 4.69) is 11.9 Å². The molecule has 0 atom stereocenters. The van der Waals surface area contributed by atoms with Gasteiger partial charge in [-0.25, -0.2) is 4.98 Å². The third-order valence-corrected chi connectivity index (χ3v) is 2.73. The molecule has 0 bridgehead atoms. The van der Waals surface area contributed by atoms with Gasteiger partial charge in [0.1, 0.15) is 10.3 Å². The number of hydrogen-bond donors (Lipinski definition) is 0. The highest BCUT2D eigenvalue weighted by Crippen LogP contribution is 2.18. The molecule has 1 heterocycles. The fourth-order valence-corrected chi connectivity index (χ4v) is 1.81. The average molecular weight is 232 g/mol. The van der Waals surface area contributed by atoms with E-state index in [1.807, 2.05) is 6.07 Å². The summed E-state index contributed by atoms with van der Waals surface area (Å²) in [6, 6.07) is 3.76. The van der Waals surface area contributed by atoms with Crippen LogP contribution in [0.3, 0.4) is 0 Å². The van der Waals surface area contributed by atoms with Crippen molar-refractivity contribution >= 4 is 23.2 Å². The van der Waals surface area contributed by atoms with E-state index in [4.69, 9.17) is 23.2 Å². The number of halogens is 2. The summed E-state index contributed by atoms with van der Waals surface area (Å²) in [6.45, 7) is 2.21. The van der Waals surface area contributed by atoms with Crippen molar-refractivity contribution in [2.45, 2.75) is 39.0 Å². The van der Waals surface area contributed by atoms with E-state index in [9.17, 15) is 0 Å². The molecular weight excluding hydrogens is 217 g/mol. The zero-order chi connectivity index (χ0) is 10.4. The molecule has 0 saturated heterocycles. The van der Waals surface area contributed by atoms with Crippen molar-refractivity contribution in [1.82, 2.24) is 4.98 Å². The summed E-state index contributed by atoms with van der Waals surface area (Å²) >= 11 is 11.7. The highest BCUT2D eigenvalue weighted by molar-refractivity contribution is 6.32. The van der Waals surface area contributed by atoms with Crippen LogP contribution >= 0.6 is 23.2 Å². The van der Waals surface area contributed by atoms with Crippen molar-refractivity contribution in [1.29, 1.82) is 0 Å². The van der Waals surface area contributed by atoms with E-state index in [1.54, 1.807) is 6.07 Å². The lowest BCUT2D eigenvalue weighted by Gasteiger charge is -2.03. The van der Waals surface area contributed by atoms with Gasteiger partial charge in [-0.2, -0.15) is 0 Å². The number of unbranched alkanes of at least 4 members (excludes halogenated alkanes) is 3. The second-order valence-electron chi connectivity index (χ2n) is 3.39. The van der Waals surface area contributed by atoms with Crippen molar-refractivity contribution in [3.05, 3.63) is 28.0 Å². The quantitative estimate of drug-likeness (QED) is 0.537. The van der Waals surface area contributed by atoms with Gasteiger partial charge in [-0.05, 0) is 24.5 Å². The Hall–Kier alpha value is -0.270. The van der Waals surface area contributed by atoms with Crippen LogP contribution in [0, 0.1) is 0 Å². The molecule has 1 aromatic heterocycles. The highest BCUT2D eigenvalue weighted by atomic mass is 35.5. The van der Waals surface area contributed by atoms with Gasteiger partial charge < -0.3 is 0 Å². The summed E-state index contributed by atoms with van der Waals surface area (Å²) in [6.07, 6.45) is 5.99. The molecule has 0 N–H and O–H groups in total. The second kappa shape index (κ2) is 6.26. The largest absolute Gasteiger partial charge is 0.224 e. The first-order valence-corrected chi connectivity index (χ1v) is 5.80. The third-order valence-electron chi connectivity index (χ3n) is 2.19. The van der Waals surface area contributed by atoms with Crippen molar-refractivity contribution < 1.29 is 0 Å². The van der Waals surface area contributed by atoms with Crippen LogP contribution in [-0.2, 0) is 6.42 Å². The Morgan fingerprint density at radius 2 is 1.93 bits per heavy atom. The van der Waals surface area contributed by atoms with E-state index in [0.717, 1.165) is 12.0 Å². The van der Waals surface area contributed by atoms with E-state index in [0.29, 0.717) is 10.3 Å². The fourth-order valence-electron chi connectivity index (χ4n) is 1.37. The van der Waals surface area contributed by atoms with Gasteiger partial charge in [-0.1, -0.05) is 55.5 Å². The molecule has 78 valence electrons. The molecule has 1 rings (SSSR count). The minimum absolute atomic E-state index is 0.465. The second-order valence-corrected chi connectivity index (χ2v) is 4.14. The molecule has 0 amide bonds. The molecule has 14 heavy (non-hydrogen) atoms. The standard InChI is InChI=1S/C11H15Cl2N/c1-2-3-4-5-6-9-7-8-10(12)14-11(9)13/h7-8H,2-6H2,1H3. The van der Waals surface area contributed by atoms with Gasteiger partial charge in [0.15, 0.2) is 0 Å².